The van der Waals surface area contributed by atoms with Gasteiger partial charge >= 0.3 is 0 Å². The van der Waals surface area contributed by atoms with Crippen molar-refractivity contribution < 1.29 is 23.1 Å². The lowest BCUT2D eigenvalue weighted by Gasteiger charge is -2.30. The number of nitrogens with one attached hydrogen (secondary N) is 3. The van der Waals surface area contributed by atoms with Gasteiger partial charge in [-0.3, -0.25) is 4.79 Å². The molecule has 0 bridgehead atoms. The number of hydrogen-bond donors (Lipinski definition) is 4. The highest BCUT2D eigenvalue weighted by molar-refractivity contribution is 7.89. The minimum Gasteiger partial charge on any atom is -0.495 e. The van der Waals surface area contributed by atoms with E-state index >= 15 is 0 Å². The molecule has 206 valence electrons. The number of carbonyl (C=O) groups excluding carboxylic acids is 1. The monoisotopic (exact) mass is 549 g/mol. The summed E-state index contributed by atoms with van der Waals surface area (Å²) in [5.74, 6) is 0.0594. The van der Waals surface area contributed by atoms with Gasteiger partial charge in [-0.25, -0.2) is 13.1 Å². The molecule has 4 N–H and O–H groups in total. The summed E-state index contributed by atoms with van der Waals surface area (Å²) in [4.78, 5) is 15.2. The molecule has 0 unspecified atom stereocenters. The molecule has 0 saturated heterocycles. The van der Waals surface area contributed by atoms with E-state index in [2.05, 4.69) is 15.0 Å². The van der Waals surface area contributed by atoms with Gasteiger partial charge in [-0.1, -0.05) is 36.4 Å². The van der Waals surface area contributed by atoms with Gasteiger partial charge < -0.3 is 20.1 Å². The van der Waals surface area contributed by atoms with Gasteiger partial charge in [0.1, 0.15) is 10.6 Å². The van der Waals surface area contributed by atoms with Gasteiger partial charge in [0.2, 0.25) is 10.0 Å². The lowest BCUT2D eigenvalue weighted by Crippen LogP contribution is -2.50. The third-order valence-corrected chi connectivity index (χ3v) is 8.38. The summed E-state index contributed by atoms with van der Waals surface area (Å²) in [6.07, 6.45) is 3.32. The zero-order chi connectivity index (χ0) is 28.2. The first kappa shape index (κ1) is 28.4. The Morgan fingerprint density at radius 3 is 2.44 bits per heavy atom. The smallest absolute Gasteiger partial charge is 0.251 e. The lowest BCUT2D eigenvalue weighted by atomic mass is 9.93. The predicted octanol–water partition coefficient (Wildman–Crippen LogP) is 3.98. The van der Waals surface area contributed by atoms with Crippen LogP contribution in [0.5, 0.6) is 5.75 Å². The molecular weight excluding hydrogens is 514 g/mol. The van der Waals surface area contributed by atoms with E-state index in [-0.39, 0.29) is 23.0 Å². The highest BCUT2D eigenvalue weighted by Crippen LogP contribution is 2.28. The Balaban J connectivity index is 1.58. The van der Waals surface area contributed by atoms with Crippen LogP contribution in [0.4, 0.5) is 0 Å². The third-order valence-electron chi connectivity index (χ3n) is 6.89. The number of fused-ring (bicyclic) bond motifs is 1. The van der Waals surface area contributed by atoms with Crippen molar-refractivity contribution in [3.05, 3.63) is 95.2 Å². The summed E-state index contributed by atoms with van der Waals surface area (Å²) in [7, 11) is -1.05. The number of hydrogen-bond acceptors (Lipinski definition) is 5. The molecule has 0 aliphatic heterocycles. The van der Waals surface area contributed by atoms with Crippen LogP contribution in [0.2, 0.25) is 0 Å². The molecule has 4 aromatic rings. The second-order valence-corrected chi connectivity index (χ2v) is 11.8. The van der Waals surface area contributed by atoms with E-state index < -0.39 is 21.7 Å². The van der Waals surface area contributed by atoms with Crippen molar-refractivity contribution in [3.63, 3.8) is 0 Å². The summed E-state index contributed by atoms with van der Waals surface area (Å²) in [6.45, 7) is 3.19. The van der Waals surface area contributed by atoms with Crippen LogP contribution < -0.4 is 14.8 Å². The van der Waals surface area contributed by atoms with Crippen molar-refractivity contribution in [2.45, 2.75) is 49.6 Å². The van der Waals surface area contributed by atoms with Gasteiger partial charge in [0.25, 0.3) is 5.91 Å². The van der Waals surface area contributed by atoms with E-state index in [1.807, 2.05) is 54.7 Å². The maximum Gasteiger partial charge on any atom is 0.251 e. The number of aryl methyl sites for hydroxylation is 2. The number of rotatable bonds is 11. The molecule has 39 heavy (non-hydrogen) atoms. The largest absolute Gasteiger partial charge is 0.495 e. The molecule has 1 heterocycles. The molecule has 1 amide bonds. The Kier molecular flexibility index (Phi) is 8.44. The zero-order valence-corrected chi connectivity index (χ0v) is 23.4. The molecule has 3 aromatic carbocycles. The van der Waals surface area contributed by atoms with E-state index in [1.54, 1.807) is 39.1 Å². The summed E-state index contributed by atoms with van der Waals surface area (Å²) in [5, 5.41) is 14.5. The molecule has 0 radical (unpaired) electrons. The normalized spacial score (nSPS) is 12.8. The fraction of sp³-hybridized carbons (Fsp3) is 0.300. The standard InChI is InChI=1S/C30H35N3O5S/c1-30(2,35)28(18-23-19-32-25-11-6-5-10-24(23)25)33-39(36,37)27-17-21(14-15-26(27)38-4)13-12-20-8-7-9-22(16-20)29(34)31-3/h5-11,14-17,19,28,32-33,35H,12-13,18H2,1-4H3,(H,31,34)/t28-/m1/s1. The summed E-state index contributed by atoms with van der Waals surface area (Å²) >= 11 is 0. The molecule has 1 aromatic heterocycles. The van der Waals surface area contributed by atoms with Crippen LogP contribution in [0.1, 0.15) is 40.9 Å². The van der Waals surface area contributed by atoms with Crippen LogP contribution in [-0.2, 0) is 29.3 Å². The second kappa shape index (κ2) is 11.6. The lowest BCUT2D eigenvalue weighted by molar-refractivity contribution is 0.0461. The first-order valence-electron chi connectivity index (χ1n) is 12.8. The van der Waals surface area contributed by atoms with Gasteiger partial charge in [-0.05, 0) is 80.1 Å². The van der Waals surface area contributed by atoms with Crippen molar-refractivity contribution >= 4 is 26.8 Å². The first-order valence-corrected chi connectivity index (χ1v) is 14.3. The molecule has 0 aliphatic carbocycles. The Labute approximate surface area is 229 Å². The molecule has 9 heteroatoms. The highest BCUT2D eigenvalue weighted by Gasteiger charge is 2.33. The minimum absolute atomic E-state index is 0.00906. The molecule has 0 fully saturated rings. The Bertz CT molecular complexity index is 1570. The van der Waals surface area contributed by atoms with E-state index in [0.29, 0.717) is 18.4 Å². The topological polar surface area (TPSA) is 121 Å². The molecule has 4 rings (SSSR count). The first-order chi connectivity index (χ1) is 18.5. The SMILES string of the molecule is CNC(=O)c1cccc(CCc2ccc(OC)c(S(=O)(=O)N[C@H](Cc3c[nH]c4ccccc34)C(C)(C)O)c2)c1. The number of aliphatic hydroxyl groups is 1. The number of ether oxygens (including phenoxy) is 1. The van der Waals surface area contributed by atoms with Crippen LogP contribution in [-0.4, -0.2) is 50.2 Å². The number of aromatic nitrogens is 1. The quantitative estimate of drug-likeness (QED) is 0.226. The number of para-hydroxylation sites is 1. The number of methoxy groups -OCH3 is 1. The van der Waals surface area contributed by atoms with E-state index in [4.69, 9.17) is 4.74 Å². The molecule has 0 aliphatic rings. The maximum absolute atomic E-state index is 13.7. The number of benzene rings is 3. The van der Waals surface area contributed by atoms with Crippen molar-refractivity contribution in [2.24, 2.45) is 0 Å². The van der Waals surface area contributed by atoms with E-state index in [0.717, 1.165) is 27.6 Å². The van der Waals surface area contributed by atoms with Gasteiger partial charge in [0, 0.05) is 29.7 Å². The average Bonchev–Trinajstić information content (AvgIpc) is 3.33. The second-order valence-electron chi connectivity index (χ2n) is 10.2. The van der Waals surface area contributed by atoms with Crippen LogP contribution in [0.3, 0.4) is 0 Å². The zero-order valence-electron chi connectivity index (χ0n) is 22.6. The summed E-state index contributed by atoms with van der Waals surface area (Å²) in [5.41, 5.74) is 2.85. The number of amides is 1. The summed E-state index contributed by atoms with van der Waals surface area (Å²) in [6, 6.07) is 19.4. The van der Waals surface area contributed by atoms with Gasteiger partial charge in [-0.15, -0.1) is 0 Å². The minimum atomic E-state index is -4.07. The Morgan fingerprint density at radius 1 is 1.03 bits per heavy atom. The number of aromatic amines is 1. The van der Waals surface area contributed by atoms with Crippen molar-refractivity contribution in [3.8, 4) is 5.75 Å². The predicted molar refractivity (Wildman–Crippen MR) is 153 cm³/mol. The molecule has 1 atom stereocenters. The molecule has 0 saturated carbocycles. The summed E-state index contributed by atoms with van der Waals surface area (Å²) < 4.78 is 35.5. The van der Waals surface area contributed by atoms with Crippen LogP contribution in [0, 0.1) is 0 Å². The van der Waals surface area contributed by atoms with Gasteiger partial charge in [0.15, 0.2) is 0 Å². The maximum atomic E-state index is 13.7. The number of H-pyrrole nitrogens is 1. The fourth-order valence-corrected chi connectivity index (χ4v) is 6.19. The van der Waals surface area contributed by atoms with Crippen LogP contribution >= 0.6 is 0 Å². The number of carbonyl (C=O) groups is 1. The Hall–Kier alpha value is -3.66. The van der Waals surface area contributed by atoms with E-state index in [9.17, 15) is 18.3 Å². The van der Waals surface area contributed by atoms with Crippen molar-refractivity contribution in [2.75, 3.05) is 14.2 Å². The third kappa shape index (κ3) is 6.68. The molecular formula is C30H35N3O5S. The van der Waals surface area contributed by atoms with E-state index in [1.165, 1.54) is 7.11 Å². The van der Waals surface area contributed by atoms with Gasteiger partial charge in [-0.2, -0.15) is 0 Å². The van der Waals surface area contributed by atoms with Crippen molar-refractivity contribution in [1.82, 2.24) is 15.0 Å². The fourth-order valence-electron chi connectivity index (χ4n) is 4.59. The Morgan fingerprint density at radius 2 is 1.74 bits per heavy atom. The molecule has 0 spiro atoms. The van der Waals surface area contributed by atoms with Crippen LogP contribution in [0.15, 0.2) is 77.8 Å². The molecule has 8 nitrogen and oxygen atoms in total. The highest BCUT2D eigenvalue weighted by atomic mass is 32.2. The van der Waals surface area contributed by atoms with Gasteiger partial charge in [0.05, 0.1) is 18.8 Å². The average molecular weight is 550 g/mol. The van der Waals surface area contributed by atoms with Crippen LogP contribution in [0.25, 0.3) is 10.9 Å². The number of sulfonamides is 1. The van der Waals surface area contributed by atoms with Crippen molar-refractivity contribution in [1.29, 1.82) is 0 Å².